The van der Waals surface area contributed by atoms with Crippen LogP contribution in [0.3, 0.4) is 0 Å². The number of hydrogen-bond donors (Lipinski definition) is 1. The zero-order valence-corrected chi connectivity index (χ0v) is 13.6. The molecule has 0 bridgehead atoms. The summed E-state index contributed by atoms with van der Waals surface area (Å²) in [6.07, 6.45) is 6.43. The molecular formula is C15H20BrNOS. The van der Waals surface area contributed by atoms with Crippen molar-refractivity contribution in [2.45, 2.75) is 45.1 Å². The van der Waals surface area contributed by atoms with Gasteiger partial charge in [-0.1, -0.05) is 41.5 Å². The number of nitrogens with two attached hydrogens (primary N) is 1. The second-order valence-electron chi connectivity index (χ2n) is 5.11. The third-order valence-electron chi connectivity index (χ3n) is 3.85. The van der Waals surface area contributed by atoms with Crippen molar-refractivity contribution in [1.82, 2.24) is 0 Å². The highest BCUT2D eigenvalue weighted by Crippen LogP contribution is 2.32. The molecule has 2 atom stereocenters. The third-order valence-corrected chi connectivity index (χ3v) is 4.56. The molecule has 2 nitrogen and oxygen atoms in total. The predicted octanol–water partition coefficient (Wildman–Crippen LogP) is 4.43. The number of halogens is 1. The van der Waals surface area contributed by atoms with E-state index in [1.54, 1.807) is 0 Å². The highest BCUT2D eigenvalue weighted by atomic mass is 79.9. The van der Waals surface area contributed by atoms with Crippen LogP contribution in [0.1, 0.15) is 44.6 Å². The second kappa shape index (κ2) is 6.71. The first kappa shape index (κ1) is 14.8. The first-order valence-corrected chi connectivity index (χ1v) is 8.08. The summed E-state index contributed by atoms with van der Waals surface area (Å²) in [4.78, 5) is 0.389. The van der Waals surface area contributed by atoms with Gasteiger partial charge < -0.3 is 10.5 Å². The van der Waals surface area contributed by atoms with Crippen LogP contribution in [0.5, 0.6) is 5.75 Å². The largest absolute Gasteiger partial charge is 0.489 e. The summed E-state index contributed by atoms with van der Waals surface area (Å²) < 4.78 is 7.19. The molecule has 0 heterocycles. The van der Waals surface area contributed by atoms with Crippen molar-refractivity contribution in [2.75, 3.05) is 0 Å². The van der Waals surface area contributed by atoms with Gasteiger partial charge in [0.25, 0.3) is 0 Å². The van der Waals surface area contributed by atoms with Gasteiger partial charge in [0, 0.05) is 4.47 Å². The Morgan fingerprint density at radius 3 is 2.84 bits per heavy atom. The summed E-state index contributed by atoms with van der Waals surface area (Å²) in [6.45, 7) is 2.24. The Labute approximate surface area is 128 Å². The Hall–Kier alpha value is -0.610. The van der Waals surface area contributed by atoms with Crippen LogP contribution in [-0.4, -0.2) is 11.1 Å². The lowest BCUT2D eigenvalue weighted by atomic mass is 9.84. The molecule has 2 unspecified atom stereocenters. The van der Waals surface area contributed by atoms with Crippen LogP contribution in [0.25, 0.3) is 0 Å². The van der Waals surface area contributed by atoms with Gasteiger partial charge in [-0.3, -0.25) is 0 Å². The monoisotopic (exact) mass is 341 g/mol. The Morgan fingerprint density at radius 1 is 1.42 bits per heavy atom. The lowest BCUT2D eigenvalue weighted by Gasteiger charge is -2.31. The number of benzene rings is 1. The molecule has 1 aromatic rings. The van der Waals surface area contributed by atoms with Crippen molar-refractivity contribution >= 4 is 33.1 Å². The van der Waals surface area contributed by atoms with Gasteiger partial charge in [-0.2, -0.15) is 0 Å². The molecule has 0 saturated heterocycles. The Balaban J connectivity index is 2.20. The number of hydrogen-bond acceptors (Lipinski definition) is 2. The maximum Gasteiger partial charge on any atom is 0.129 e. The van der Waals surface area contributed by atoms with E-state index in [0.717, 1.165) is 22.2 Å². The number of thiocarbonyl (C=S) groups is 1. The molecule has 1 fully saturated rings. The number of rotatable bonds is 4. The van der Waals surface area contributed by atoms with Crippen molar-refractivity contribution in [3.05, 3.63) is 28.2 Å². The van der Waals surface area contributed by atoms with E-state index in [0.29, 0.717) is 17.0 Å². The van der Waals surface area contributed by atoms with E-state index in [2.05, 4.69) is 22.9 Å². The minimum atomic E-state index is 0.299. The summed E-state index contributed by atoms with van der Waals surface area (Å²) >= 11 is 8.56. The lowest BCUT2D eigenvalue weighted by Crippen LogP contribution is -2.30. The first-order chi connectivity index (χ1) is 9.11. The minimum absolute atomic E-state index is 0.299. The smallest absolute Gasteiger partial charge is 0.129 e. The van der Waals surface area contributed by atoms with Crippen LogP contribution in [-0.2, 0) is 0 Å². The second-order valence-corrected chi connectivity index (χ2v) is 6.47. The van der Waals surface area contributed by atoms with E-state index in [-0.39, 0.29) is 0 Å². The quantitative estimate of drug-likeness (QED) is 0.822. The molecule has 2 rings (SSSR count). The fourth-order valence-corrected chi connectivity index (χ4v) is 3.28. The van der Waals surface area contributed by atoms with Crippen molar-refractivity contribution in [2.24, 2.45) is 11.7 Å². The predicted molar refractivity (Wildman–Crippen MR) is 86.7 cm³/mol. The molecule has 1 aliphatic carbocycles. The van der Waals surface area contributed by atoms with E-state index >= 15 is 0 Å². The molecule has 1 saturated carbocycles. The molecule has 0 spiro atoms. The van der Waals surface area contributed by atoms with E-state index < -0.39 is 0 Å². The van der Waals surface area contributed by atoms with Crippen molar-refractivity contribution in [1.29, 1.82) is 0 Å². The van der Waals surface area contributed by atoms with Gasteiger partial charge in [-0.05, 0) is 49.8 Å². The SMILES string of the molecule is CCC1CCCCC1Oc1ccc(Br)cc1C(N)=S. The van der Waals surface area contributed by atoms with Gasteiger partial charge in [-0.15, -0.1) is 0 Å². The normalized spacial score (nSPS) is 23.1. The van der Waals surface area contributed by atoms with Crippen LogP contribution in [0, 0.1) is 5.92 Å². The molecule has 104 valence electrons. The van der Waals surface area contributed by atoms with Crippen molar-refractivity contribution in [3.8, 4) is 5.75 Å². The molecule has 19 heavy (non-hydrogen) atoms. The summed E-state index contributed by atoms with van der Waals surface area (Å²) in [5.74, 6) is 1.47. The minimum Gasteiger partial charge on any atom is -0.489 e. The Kier molecular flexibility index (Phi) is 5.22. The zero-order chi connectivity index (χ0) is 13.8. The standard InChI is InChI=1S/C15H20BrNOS/c1-2-10-5-3-4-6-13(10)18-14-8-7-11(16)9-12(14)15(17)19/h7-10,13H,2-6H2,1H3,(H2,17,19). The van der Waals surface area contributed by atoms with E-state index in [1.165, 1.54) is 25.7 Å². The fourth-order valence-electron chi connectivity index (χ4n) is 2.76. The first-order valence-electron chi connectivity index (χ1n) is 6.87. The van der Waals surface area contributed by atoms with Crippen LogP contribution in [0.15, 0.2) is 22.7 Å². The van der Waals surface area contributed by atoms with Crippen molar-refractivity contribution < 1.29 is 4.74 Å². The molecule has 2 N–H and O–H groups in total. The van der Waals surface area contributed by atoms with Crippen LogP contribution in [0.4, 0.5) is 0 Å². The summed E-state index contributed by atoms with van der Waals surface area (Å²) in [5.41, 5.74) is 6.61. The molecular weight excluding hydrogens is 322 g/mol. The van der Waals surface area contributed by atoms with E-state index in [1.807, 2.05) is 18.2 Å². The Morgan fingerprint density at radius 2 is 2.16 bits per heavy atom. The van der Waals surface area contributed by atoms with Crippen LogP contribution < -0.4 is 10.5 Å². The van der Waals surface area contributed by atoms with Gasteiger partial charge in [0.15, 0.2) is 0 Å². The molecule has 0 aliphatic heterocycles. The summed E-state index contributed by atoms with van der Waals surface area (Å²) in [7, 11) is 0. The Bertz CT molecular complexity index is 463. The van der Waals surface area contributed by atoms with Gasteiger partial charge >= 0.3 is 0 Å². The zero-order valence-electron chi connectivity index (χ0n) is 11.2. The van der Waals surface area contributed by atoms with Gasteiger partial charge in [-0.25, -0.2) is 0 Å². The van der Waals surface area contributed by atoms with Crippen LogP contribution in [0.2, 0.25) is 0 Å². The number of ether oxygens (including phenoxy) is 1. The fraction of sp³-hybridized carbons (Fsp3) is 0.533. The van der Waals surface area contributed by atoms with Crippen molar-refractivity contribution in [3.63, 3.8) is 0 Å². The molecule has 0 aromatic heterocycles. The molecule has 1 aromatic carbocycles. The molecule has 0 radical (unpaired) electrons. The highest BCUT2D eigenvalue weighted by Gasteiger charge is 2.26. The average Bonchev–Trinajstić information content (AvgIpc) is 2.41. The molecule has 4 heteroatoms. The van der Waals surface area contributed by atoms with E-state index in [9.17, 15) is 0 Å². The molecule has 1 aliphatic rings. The average molecular weight is 342 g/mol. The molecule has 0 amide bonds. The topological polar surface area (TPSA) is 35.2 Å². The highest BCUT2D eigenvalue weighted by molar-refractivity contribution is 9.10. The lowest BCUT2D eigenvalue weighted by molar-refractivity contribution is 0.0902. The maximum absolute atomic E-state index is 6.22. The van der Waals surface area contributed by atoms with Gasteiger partial charge in [0.05, 0.1) is 5.56 Å². The summed E-state index contributed by atoms with van der Waals surface area (Å²) in [6, 6.07) is 5.86. The summed E-state index contributed by atoms with van der Waals surface area (Å²) in [5, 5.41) is 0. The van der Waals surface area contributed by atoms with Gasteiger partial charge in [0.1, 0.15) is 16.8 Å². The van der Waals surface area contributed by atoms with Gasteiger partial charge in [0.2, 0.25) is 0 Å². The third kappa shape index (κ3) is 3.69. The van der Waals surface area contributed by atoms with E-state index in [4.69, 9.17) is 22.7 Å². The van der Waals surface area contributed by atoms with Crippen LogP contribution >= 0.6 is 28.1 Å². The maximum atomic E-state index is 6.22.